The predicted molar refractivity (Wildman–Crippen MR) is 66.1 cm³/mol. The van der Waals surface area contributed by atoms with Crippen molar-refractivity contribution in [1.82, 2.24) is 10.9 Å². The summed E-state index contributed by atoms with van der Waals surface area (Å²) in [5.41, 5.74) is 14.6. The number of aliphatic hydroxyl groups excluding tert-OH is 1. The second kappa shape index (κ2) is 4.38. The third-order valence-electron chi connectivity index (χ3n) is 4.05. The predicted octanol–water partition coefficient (Wildman–Crippen LogP) is 0.0861. The Balaban J connectivity index is 1.62. The van der Waals surface area contributed by atoms with E-state index in [0.717, 1.165) is 19.4 Å². The van der Waals surface area contributed by atoms with Crippen LogP contribution in [-0.4, -0.2) is 23.9 Å². The highest BCUT2D eigenvalue weighted by Gasteiger charge is 2.34. The molecule has 1 saturated heterocycles. The van der Waals surface area contributed by atoms with E-state index in [2.05, 4.69) is 35.1 Å². The molecule has 0 bridgehead atoms. The van der Waals surface area contributed by atoms with Gasteiger partial charge in [-0.3, -0.25) is 5.43 Å². The SMILES string of the molecule is NC1NNCC1C(O)CC1Cc2ccccc21. The van der Waals surface area contributed by atoms with Crippen molar-refractivity contribution in [3.05, 3.63) is 35.4 Å². The number of rotatable bonds is 3. The van der Waals surface area contributed by atoms with Gasteiger partial charge in [0.25, 0.3) is 0 Å². The lowest BCUT2D eigenvalue weighted by Crippen LogP contribution is -2.43. The van der Waals surface area contributed by atoms with E-state index in [1.54, 1.807) is 0 Å². The van der Waals surface area contributed by atoms with Gasteiger partial charge in [-0.2, -0.15) is 0 Å². The molecule has 3 rings (SSSR count). The van der Waals surface area contributed by atoms with Crippen LogP contribution in [0.15, 0.2) is 24.3 Å². The van der Waals surface area contributed by atoms with Crippen LogP contribution in [0.3, 0.4) is 0 Å². The van der Waals surface area contributed by atoms with Crippen molar-refractivity contribution in [2.24, 2.45) is 11.7 Å². The molecule has 0 amide bonds. The zero-order valence-electron chi connectivity index (χ0n) is 9.76. The Morgan fingerprint density at radius 2 is 2.24 bits per heavy atom. The summed E-state index contributed by atoms with van der Waals surface area (Å²) in [7, 11) is 0. The standard InChI is InChI=1S/C13H19N3O/c14-13-11(7-15-16-13)12(17)6-9-5-8-3-1-2-4-10(8)9/h1-4,9,11-13,15-17H,5-7,14H2. The molecule has 0 spiro atoms. The normalized spacial score (nSPS) is 32.9. The highest BCUT2D eigenvalue weighted by atomic mass is 16.3. The van der Waals surface area contributed by atoms with Crippen molar-refractivity contribution in [3.63, 3.8) is 0 Å². The Morgan fingerprint density at radius 3 is 2.94 bits per heavy atom. The molecule has 1 heterocycles. The molecule has 1 aromatic carbocycles. The maximum absolute atomic E-state index is 10.2. The molecule has 17 heavy (non-hydrogen) atoms. The molecule has 0 aromatic heterocycles. The Hall–Kier alpha value is -0.940. The molecule has 1 aromatic rings. The average Bonchev–Trinajstić information content (AvgIpc) is 2.72. The maximum Gasteiger partial charge on any atom is 0.0745 e. The van der Waals surface area contributed by atoms with Crippen LogP contribution in [0.2, 0.25) is 0 Å². The van der Waals surface area contributed by atoms with Crippen LogP contribution in [0, 0.1) is 5.92 Å². The Labute approximate surface area is 101 Å². The quantitative estimate of drug-likeness (QED) is 0.597. The van der Waals surface area contributed by atoms with Gasteiger partial charge in [-0.1, -0.05) is 24.3 Å². The van der Waals surface area contributed by atoms with Gasteiger partial charge >= 0.3 is 0 Å². The van der Waals surface area contributed by atoms with E-state index in [0.29, 0.717) is 5.92 Å². The lowest BCUT2D eigenvalue weighted by molar-refractivity contribution is 0.0883. The van der Waals surface area contributed by atoms with Crippen molar-refractivity contribution in [1.29, 1.82) is 0 Å². The zero-order valence-corrected chi connectivity index (χ0v) is 9.76. The van der Waals surface area contributed by atoms with Crippen molar-refractivity contribution < 1.29 is 5.11 Å². The molecule has 1 fully saturated rings. The second-order valence-corrected chi connectivity index (χ2v) is 5.12. The monoisotopic (exact) mass is 233 g/mol. The molecule has 4 unspecified atom stereocenters. The largest absolute Gasteiger partial charge is 0.393 e. The number of hydrazine groups is 1. The topological polar surface area (TPSA) is 70.3 Å². The van der Waals surface area contributed by atoms with Gasteiger partial charge < -0.3 is 10.8 Å². The van der Waals surface area contributed by atoms with Crippen LogP contribution in [-0.2, 0) is 6.42 Å². The Bertz CT molecular complexity index is 409. The number of aliphatic hydroxyl groups is 1. The molecule has 4 nitrogen and oxygen atoms in total. The fraction of sp³-hybridized carbons (Fsp3) is 0.538. The molecule has 0 radical (unpaired) electrons. The molecule has 2 aliphatic rings. The number of hydrogen-bond donors (Lipinski definition) is 4. The maximum atomic E-state index is 10.2. The minimum absolute atomic E-state index is 0.114. The van der Waals surface area contributed by atoms with Crippen LogP contribution in [0.25, 0.3) is 0 Å². The Kier molecular flexibility index (Phi) is 2.88. The van der Waals surface area contributed by atoms with E-state index in [1.807, 2.05) is 0 Å². The summed E-state index contributed by atoms with van der Waals surface area (Å²) in [6.07, 6.45) is 1.44. The fourth-order valence-corrected chi connectivity index (χ4v) is 2.94. The highest BCUT2D eigenvalue weighted by Crippen LogP contribution is 2.39. The second-order valence-electron chi connectivity index (χ2n) is 5.12. The molecule has 4 heteroatoms. The van der Waals surface area contributed by atoms with Gasteiger partial charge in [0.1, 0.15) is 0 Å². The third kappa shape index (κ3) is 1.98. The van der Waals surface area contributed by atoms with Gasteiger partial charge in [-0.05, 0) is 29.9 Å². The first-order chi connectivity index (χ1) is 8.25. The first kappa shape index (κ1) is 11.2. The number of fused-ring (bicyclic) bond motifs is 1. The minimum Gasteiger partial charge on any atom is -0.393 e. The van der Waals surface area contributed by atoms with E-state index in [4.69, 9.17) is 5.73 Å². The number of nitrogens with two attached hydrogens (primary N) is 1. The van der Waals surface area contributed by atoms with Gasteiger partial charge in [0, 0.05) is 12.5 Å². The molecule has 4 atom stereocenters. The summed E-state index contributed by atoms with van der Waals surface area (Å²) in [4.78, 5) is 0. The van der Waals surface area contributed by atoms with E-state index in [-0.39, 0.29) is 18.2 Å². The van der Waals surface area contributed by atoms with Crippen molar-refractivity contribution >= 4 is 0 Å². The molecule has 1 aliphatic heterocycles. The molecular formula is C13H19N3O. The molecular weight excluding hydrogens is 214 g/mol. The van der Waals surface area contributed by atoms with Crippen molar-refractivity contribution in [2.75, 3.05) is 6.54 Å². The van der Waals surface area contributed by atoms with Crippen molar-refractivity contribution in [2.45, 2.75) is 31.0 Å². The van der Waals surface area contributed by atoms with Crippen LogP contribution < -0.4 is 16.6 Å². The van der Waals surface area contributed by atoms with E-state index >= 15 is 0 Å². The van der Waals surface area contributed by atoms with Gasteiger partial charge in [0.2, 0.25) is 0 Å². The number of hydrogen-bond acceptors (Lipinski definition) is 4. The number of benzene rings is 1. The third-order valence-corrected chi connectivity index (χ3v) is 4.05. The molecule has 92 valence electrons. The lowest BCUT2D eigenvalue weighted by atomic mass is 9.73. The van der Waals surface area contributed by atoms with E-state index in [9.17, 15) is 5.11 Å². The van der Waals surface area contributed by atoms with Gasteiger partial charge in [-0.15, -0.1) is 0 Å². The summed E-state index contributed by atoms with van der Waals surface area (Å²) in [6, 6.07) is 8.48. The van der Waals surface area contributed by atoms with Crippen LogP contribution >= 0.6 is 0 Å². The van der Waals surface area contributed by atoms with Crippen molar-refractivity contribution in [3.8, 4) is 0 Å². The summed E-state index contributed by atoms with van der Waals surface area (Å²) in [5, 5.41) is 10.2. The summed E-state index contributed by atoms with van der Waals surface area (Å²) in [6.45, 7) is 0.747. The smallest absolute Gasteiger partial charge is 0.0745 e. The lowest BCUT2D eigenvalue weighted by Gasteiger charge is -2.33. The zero-order chi connectivity index (χ0) is 11.8. The fourth-order valence-electron chi connectivity index (χ4n) is 2.94. The summed E-state index contributed by atoms with van der Waals surface area (Å²) < 4.78 is 0. The Morgan fingerprint density at radius 1 is 1.41 bits per heavy atom. The van der Waals surface area contributed by atoms with E-state index < -0.39 is 0 Å². The molecule has 5 N–H and O–H groups in total. The number of nitrogens with one attached hydrogen (secondary N) is 2. The molecule has 0 saturated carbocycles. The highest BCUT2D eigenvalue weighted by molar-refractivity contribution is 5.39. The minimum atomic E-state index is -0.328. The van der Waals surface area contributed by atoms with Gasteiger partial charge in [0.05, 0.1) is 12.3 Å². The first-order valence-electron chi connectivity index (χ1n) is 6.25. The van der Waals surface area contributed by atoms with E-state index in [1.165, 1.54) is 11.1 Å². The van der Waals surface area contributed by atoms with Gasteiger partial charge in [0.15, 0.2) is 0 Å². The van der Waals surface area contributed by atoms with Crippen LogP contribution in [0.4, 0.5) is 0 Å². The van der Waals surface area contributed by atoms with Crippen LogP contribution in [0.5, 0.6) is 0 Å². The first-order valence-corrected chi connectivity index (χ1v) is 6.25. The summed E-state index contributed by atoms with van der Waals surface area (Å²) >= 11 is 0. The molecule has 1 aliphatic carbocycles. The van der Waals surface area contributed by atoms with Crippen LogP contribution in [0.1, 0.15) is 23.5 Å². The van der Waals surface area contributed by atoms with Gasteiger partial charge in [-0.25, -0.2) is 5.43 Å². The average molecular weight is 233 g/mol. The summed E-state index contributed by atoms with van der Waals surface area (Å²) in [5.74, 6) is 0.622.